The number of nitriles is 1. The molecule has 1 heterocycles. The Morgan fingerprint density at radius 1 is 1.35 bits per heavy atom. The fourth-order valence-corrected chi connectivity index (χ4v) is 2.18. The molecule has 0 bridgehead atoms. The molecule has 1 N–H and O–H groups in total. The van der Waals surface area contributed by atoms with E-state index in [1.807, 2.05) is 6.07 Å². The number of nitrogens with zero attached hydrogens (tertiary/aromatic N) is 2. The molecular weight excluding hydrogens is 386 g/mol. The average Bonchev–Trinajstić information content (AvgIpc) is 2.53. The van der Waals surface area contributed by atoms with Gasteiger partial charge in [-0.1, -0.05) is 11.6 Å². The van der Waals surface area contributed by atoms with Crippen LogP contribution in [0.1, 0.15) is 15.9 Å². The van der Waals surface area contributed by atoms with Crippen molar-refractivity contribution in [3.8, 4) is 6.07 Å². The maximum absolute atomic E-state index is 11.8. The number of carbonyl (C=O) groups excluding carboxylic acids is 2. The van der Waals surface area contributed by atoms with E-state index in [0.29, 0.717) is 9.50 Å². The average molecular weight is 395 g/mol. The number of hydrogen-bond acceptors (Lipinski definition) is 5. The van der Waals surface area contributed by atoms with Crippen LogP contribution in [-0.4, -0.2) is 23.5 Å². The highest BCUT2D eigenvalue weighted by Gasteiger charge is 2.12. The van der Waals surface area contributed by atoms with Gasteiger partial charge in [0.2, 0.25) is 0 Å². The van der Waals surface area contributed by atoms with Crippen LogP contribution in [0.5, 0.6) is 0 Å². The Bertz CT molecular complexity index is 805. The van der Waals surface area contributed by atoms with Gasteiger partial charge in [-0.05, 0) is 40.2 Å². The number of ether oxygens (including phenoxy) is 1. The topological polar surface area (TPSA) is 92.1 Å². The predicted molar refractivity (Wildman–Crippen MR) is 87.0 cm³/mol. The summed E-state index contributed by atoms with van der Waals surface area (Å²) in [6.07, 6.45) is 2.85. The largest absolute Gasteiger partial charge is 0.452 e. The van der Waals surface area contributed by atoms with Crippen molar-refractivity contribution in [3.63, 3.8) is 0 Å². The molecule has 116 valence electrons. The molecule has 2 aromatic rings. The van der Waals surface area contributed by atoms with E-state index in [9.17, 15) is 9.59 Å². The summed E-state index contributed by atoms with van der Waals surface area (Å²) in [4.78, 5) is 27.5. The molecule has 2 rings (SSSR count). The van der Waals surface area contributed by atoms with Crippen molar-refractivity contribution in [1.29, 1.82) is 5.26 Å². The molecule has 0 aliphatic heterocycles. The van der Waals surface area contributed by atoms with Gasteiger partial charge in [0.1, 0.15) is 6.07 Å². The molecule has 0 saturated carbocycles. The van der Waals surface area contributed by atoms with Gasteiger partial charge in [-0.3, -0.25) is 9.78 Å². The van der Waals surface area contributed by atoms with Crippen molar-refractivity contribution >= 4 is 45.1 Å². The predicted octanol–water partition coefficient (Wildman–Crippen LogP) is 3.16. The molecule has 1 aromatic heterocycles. The molecule has 0 fully saturated rings. The second-order valence-electron chi connectivity index (χ2n) is 4.32. The SMILES string of the molecule is N#Cc1ccc(Cl)cc1NC(=O)COC(=O)c1cncc(Br)c1. The van der Waals surface area contributed by atoms with Crippen molar-refractivity contribution in [2.75, 3.05) is 11.9 Å². The summed E-state index contributed by atoms with van der Waals surface area (Å²) in [7, 11) is 0. The first-order valence-corrected chi connectivity index (χ1v) is 7.44. The molecular formula is C15H9BrClN3O3. The van der Waals surface area contributed by atoms with E-state index in [-0.39, 0.29) is 16.8 Å². The lowest BCUT2D eigenvalue weighted by Crippen LogP contribution is -2.21. The highest BCUT2D eigenvalue weighted by atomic mass is 79.9. The summed E-state index contributed by atoms with van der Waals surface area (Å²) in [5, 5.41) is 11.8. The van der Waals surface area contributed by atoms with E-state index in [1.165, 1.54) is 36.7 Å². The lowest BCUT2D eigenvalue weighted by Gasteiger charge is -2.08. The zero-order valence-electron chi connectivity index (χ0n) is 11.5. The number of carbonyl (C=O) groups is 2. The maximum Gasteiger partial charge on any atom is 0.340 e. The number of nitrogens with one attached hydrogen (secondary N) is 1. The number of halogens is 2. The number of hydrogen-bond donors (Lipinski definition) is 1. The maximum atomic E-state index is 11.8. The summed E-state index contributed by atoms with van der Waals surface area (Å²) < 4.78 is 5.51. The smallest absolute Gasteiger partial charge is 0.340 e. The van der Waals surface area contributed by atoms with Gasteiger partial charge in [-0.2, -0.15) is 5.26 Å². The molecule has 0 spiro atoms. The summed E-state index contributed by atoms with van der Waals surface area (Å²) in [6.45, 7) is -0.497. The normalized spacial score (nSPS) is 9.78. The monoisotopic (exact) mass is 393 g/mol. The van der Waals surface area contributed by atoms with E-state index in [4.69, 9.17) is 21.6 Å². The Morgan fingerprint density at radius 2 is 2.13 bits per heavy atom. The van der Waals surface area contributed by atoms with Crippen LogP contribution < -0.4 is 5.32 Å². The second-order valence-corrected chi connectivity index (χ2v) is 5.67. The highest BCUT2D eigenvalue weighted by Crippen LogP contribution is 2.20. The van der Waals surface area contributed by atoms with Gasteiger partial charge >= 0.3 is 5.97 Å². The van der Waals surface area contributed by atoms with E-state index in [2.05, 4.69) is 26.2 Å². The number of esters is 1. The Labute approximate surface area is 145 Å². The quantitative estimate of drug-likeness (QED) is 0.804. The van der Waals surface area contributed by atoms with E-state index in [0.717, 1.165) is 0 Å². The molecule has 0 aliphatic carbocycles. The Morgan fingerprint density at radius 3 is 2.83 bits per heavy atom. The summed E-state index contributed by atoms with van der Waals surface area (Å²) in [5.74, 6) is -1.26. The van der Waals surface area contributed by atoms with Crippen LogP contribution in [0, 0.1) is 11.3 Å². The van der Waals surface area contributed by atoms with E-state index in [1.54, 1.807) is 0 Å². The highest BCUT2D eigenvalue weighted by molar-refractivity contribution is 9.10. The van der Waals surface area contributed by atoms with Crippen LogP contribution in [0.4, 0.5) is 5.69 Å². The lowest BCUT2D eigenvalue weighted by molar-refractivity contribution is -0.119. The molecule has 0 aliphatic rings. The molecule has 6 nitrogen and oxygen atoms in total. The van der Waals surface area contributed by atoms with Gasteiger partial charge in [0, 0.05) is 21.9 Å². The number of benzene rings is 1. The number of pyridine rings is 1. The Kier molecular flexibility index (Phi) is 5.68. The first kappa shape index (κ1) is 16.9. The molecule has 0 atom stereocenters. The van der Waals surface area contributed by atoms with Crippen LogP contribution in [0.2, 0.25) is 5.02 Å². The summed E-state index contributed by atoms with van der Waals surface area (Å²) in [5.41, 5.74) is 0.725. The third-order valence-corrected chi connectivity index (χ3v) is 3.32. The summed E-state index contributed by atoms with van der Waals surface area (Å²) >= 11 is 9.01. The van der Waals surface area contributed by atoms with Gasteiger partial charge in [0.15, 0.2) is 6.61 Å². The molecule has 0 unspecified atom stereocenters. The minimum absolute atomic E-state index is 0.215. The van der Waals surface area contributed by atoms with Crippen molar-refractivity contribution in [2.24, 2.45) is 0 Å². The standard InChI is InChI=1S/C15H9BrClN3O3/c16-11-3-10(6-19-7-11)15(22)23-8-14(21)20-13-4-12(17)2-1-9(13)5-18/h1-4,6-7H,8H2,(H,20,21). The minimum Gasteiger partial charge on any atom is -0.452 e. The molecule has 0 saturated heterocycles. The van der Waals surface area contributed by atoms with E-state index < -0.39 is 18.5 Å². The Balaban J connectivity index is 1.97. The zero-order valence-corrected chi connectivity index (χ0v) is 13.9. The van der Waals surface area contributed by atoms with Gasteiger partial charge in [0.05, 0.1) is 16.8 Å². The van der Waals surface area contributed by atoms with Crippen LogP contribution >= 0.6 is 27.5 Å². The molecule has 0 radical (unpaired) electrons. The van der Waals surface area contributed by atoms with Crippen LogP contribution in [0.15, 0.2) is 41.1 Å². The van der Waals surface area contributed by atoms with Crippen molar-refractivity contribution in [1.82, 2.24) is 4.98 Å². The molecule has 23 heavy (non-hydrogen) atoms. The van der Waals surface area contributed by atoms with Crippen molar-refractivity contribution in [2.45, 2.75) is 0 Å². The number of rotatable bonds is 4. The first-order chi connectivity index (χ1) is 11.0. The summed E-state index contributed by atoms with van der Waals surface area (Å²) in [6, 6.07) is 7.92. The van der Waals surface area contributed by atoms with Crippen LogP contribution in [-0.2, 0) is 9.53 Å². The fourth-order valence-electron chi connectivity index (χ4n) is 1.64. The zero-order chi connectivity index (χ0) is 16.8. The van der Waals surface area contributed by atoms with Crippen molar-refractivity contribution < 1.29 is 14.3 Å². The number of amides is 1. The van der Waals surface area contributed by atoms with Crippen LogP contribution in [0.3, 0.4) is 0 Å². The first-order valence-electron chi connectivity index (χ1n) is 6.27. The van der Waals surface area contributed by atoms with Gasteiger partial charge in [-0.15, -0.1) is 0 Å². The third-order valence-electron chi connectivity index (χ3n) is 2.65. The number of anilines is 1. The fraction of sp³-hybridized carbons (Fsp3) is 0.0667. The number of aromatic nitrogens is 1. The van der Waals surface area contributed by atoms with Gasteiger partial charge in [-0.25, -0.2) is 4.79 Å². The molecule has 1 amide bonds. The molecule has 8 heteroatoms. The van der Waals surface area contributed by atoms with Gasteiger partial charge < -0.3 is 10.1 Å². The minimum atomic E-state index is -0.680. The van der Waals surface area contributed by atoms with Gasteiger partial charge in [0.25, 0.3) is 5.91 Å². The van der Waals surface area contributed by atoms with E-state index >= 15 is 0 Å². The lowest BCUT2D eigenvalue weighted by atomic mass is 10.2. The molecule has 1 aromatic carbocycles. The van der Waals surface area contributed by atoms with Crippen molar-refractivity contribution in [3.05, 3.63) is 57.3 Å². The Hall–Kier alpha value is -2.43. The second kappa shape index (κ2) is 7.72. The van der Waals surface area contributed by atoms with Crippen LogP contribution in [0.25, 0.3) is 0 Å². The third kappa shape index (κ3) is 4.77.